The van der Waals surface area contributed by atoms with Gasteiger partial charge in [0.1, 0.15) is 0 Å². The number of carbonyl (C=O) groups is 2. The summed E-state index contributed by atoms with van der Waals surface area (Å²) in [5, 5.41) is 21.8. The van der Waals surface area contributed by atoms with Crippen LogP contribution in [0.2, 0.25) is 0 Å². The highest BCUT2D eigenvalue weighted by Crippen LogP contribution is 2.21. The lowest BCUT2D eigenvalue weighted by Gasteiger charge is -2.38. The van der Waals surface area contributed by atoms with Gasteiger partial charge in [0, 0.05) is 0 Å². The second-order valence-electron chi connectivity index (χ2n) is 5.87. The Balaban J connectivity index is 2.85. The maximum absolute atomic E-state index is 12.0. The van der Waals surface area contributed by atoms with E-state index in [9.17, 15) is 14.7 Å². The maximum Gasteiger partial charge on any atom is 0.335 e. The van der Waals surface area contributed by atoms with Crippen LogP contribution in [-0.4, -0.2) is 33.2 Å². The molecule has 0 radical (unpaired) electrons. The molecule has 0 fully saturated rings. The fraction of sp³-hybridized carbons (Fsp3) is 0.467. The average molecular weight is 279 g/mol. The van der Waals surface area contributed by atoms with Crippen molar-refractivity contribution < 1.29 is 19.8 Å². The molecule has 0 saturated heterocycles. The number of hydrogen-bond acceptors (Lipinski definition) is 3. The van der Waals surface area contributed by atoms with Crippen molar-refractivity contribution >= 4 is 11.9 Å². The van der Waals surface area contributed by atoms with Crippen molar-refractivity contribution in [3.63, 3.8) is 0 Å². The minimum atomic E-state index is -1.09. The number of carboxylic acids is 1. The van der Waals surface area contributed by atoms with Crippen LogP contribution in [0.15, 0.2) is 24.3 Å². The molecule has 0 aliphatic carbocycles. The van der Waals surface area contributed by atoms with Crippen LogP contribution < -0.4 is 5.32 Å². The summed E-state index contributed by atoms with van der Waals surface area (Å²) in [6.45, 7) is 6.65. The van der Waals surface area contributed by atoms with E-state index in [2.05, 4.69) is 5.32 Å². The van der Waals surface area contributed by atoms with Gasteiger partial charge in [0.2, 0.25) is 5.91 Å². The third-order valence-electron chi connectivity index (χ3n) is 3.58. The lowest BCUT2D eigenvalue weighted by Crippen LogP contribution is -2.58. The Hall–Kier alpha value is -1.88. The molecule has 0 aliphatic rings. The molecular weight excluding hydrogens is 258 g/mol. The van der Waals surface area contributed by atoms with E-state index in [1.165, 1.54) is 6.07 Å². The molecule has 5 nitrogen and oxygen atoms in total. The standard InChI is InChI=1S/C15H21NO4/c1-14(2,15(3,4)20)16-12(17)9-10-7-5-6-8-11(10)13(18)19/h5-8,20H,9H2,1-4H3,(H,16,17)(H,18,19). The zero-order valence-corrected chi connectivity index (χ0v) is 12.2. The first-order valence-corrected chi connectivity index (χ1v) is 6.39. The molecule has 0 spiro atoms. The molecule has 0 aromatic heterocycles. The molecule has 1 amide bonds. The third-order valence-corrected chi connectivity index (χ3v) is 3.58. The lowest BCUT2D eigenvalue weighted by molar-refractivity contribution is -0.125. The molecule has 1 aromatic carbocycles. The maximum atomic E-state index is 12.0. The highest BCUT2D eigenvalue weighted by atomic mass is 16.4. The Kier molecular flexibility index (Phi) is 4.55. The second kappa shape index (κ2) is 5.63. The van der Waals surface area contributed by atoms with Gasteiger partial charge in [-0.05, 0) is 39.3 Å². The van der Waals surface area contributed by atoms with Gasteiger partial charge in [0.25, 0.3) is 0 Å². The fourth-order valence-electron chi connectivity index (χ4n) is 1.60. The topological polar surface area (TPSA) is 86.6 Å². The van der Waals surface area contributed by atoms with Crippen molar-refractivity contribution in [2.24, 2.45) is 0 Å². The zero-order valence-electron chi connectivity index (χ0n) is 12.2. The number of rotatable bonds is 5. The van der Waals surface area contributed by atoms with Gasteiger partial charge >= 0.3 is 5.97 Å². The molecule has 0 saturated carbocycles. The van der Waals surface area contributed by atoms with Gasteiger partial charge in [-0.3, -0.25) is 4.79 Å². The molecule has 5 heteroatoms. The first kappa shape index (κ1) is 16.2. The predicted octanol–water partition coefficient (Wildman–Crippen LogP) is 1.59. The molecule has 0 atom stereocenters. The smallest absolute Gasteiger partial charge is 0.335 e. The number of carboxylic acid groups (broad SMARTS) is 1. The van der Waals surface area contributed by atoms with Crippen molar-refractivity contribution in [3.05, 3.63) is 35.4 Å². The van der Waals surface area contributed by atoms with Gasteiger partial charge in [0.05, 0.1) is 23.1 Å². The fourth-order valence-corrected chi connectivity index (χ4v) is 1.60. The highest BCUT2D eigenvalue weighted by Gasteiger charge is 2.36. The Bertz CT molecular complexity index is 515. The normalized spacial score (nSPS) is 12.1. The second-order valence-corrected chi connectivity index (χ2v) is 5.87. The summed E-state index contributed by atoms with van der Waals surface area (Å²) in [4.78, 5) is 23.1. The van der Waals surface area contributed by atoms with Crippen LogP contribution in [0.25, 0.3) is 0 Å². The van der Waals surface area contributed by atoms with Gasteiger partial charge in [0.15, 0.2) is 0 Å². The van der Waals surface area contributed by atoms with Crippen LogP contribution in [0.1, 0.15) is 43.6 Å². The summed E-state index contributed by atoms with van der Waals surface area (Å²) in [7, 11) is 0. The Labute approximate surface area is 118 Å². The van der Waals surface area contributed by atoms with Crippen LogP contribution in [0.4, 0.5) is 0 Å². The van der Waals surface area contributed by atoms with E-state index in [0.717, 1.165) is 0 Å². The van der Waals surface area contributed by atoms with Gasteiger partial charge < -0.3 is 15.5 Å². The van der Waals surface area contributed by atoms with E-state index in [1.807, 2.05) is 0 Å². The van der Waals surface area contributed by atoms with Gasteiger partial charge in [-0.15, -0.1) is 0 Å². The zero-order chi connectivity index (χ0) is 15.6. The number of aromatic carboxylic acids is 1. The number of carbonyl (C=O) groups excluding carboxylic acids is 1. The molecule has 110 valence electrons. The third kappa shape index (κ3) is 3.81. The lowest BCUT2D eigenvalue weighted by atomic mass is 9.85. The van der Waals surface area contributed by atoms with E-state index in [4.69, 9.17) is 5.11 Å². The SMILES string of the molecule is CC(C)(O)C(C)(C)NC(=O)Cc1ccccc1C(=O)O. The minimum absolute atomic E-state index is 0.0397. The summed E-state index contributed by atoms with van der Waals surface area (Å²) in [5.74, 6) is -1.39. The van der Waals surface area contributed by atoms with Crippen LogP contribution in [0.3, 0.4) is 0 Å². The molecule has 0 heterocycles. The predicted molar refractivity (Wildman–Crippen MR) is 75.6 cm³/mol. The molecular formula is C15H21NO4. The number of amides is 1. The summed E-state index contributed by atoms with van der Waals surface area (Å²) in [5.41, 5.74) is -1.34. The summed E-state index contributed by atoms with van der Waals surface area (Å²) >= 11 is 0. The average Bonchev–Trinajstić information content (AvgIpc) is 2.26. The first-order valence-electron chi connectivity index (χ1n) is 6.39. The van der Waals surface area contributed by atoms with Crippen molar-refractivity contribution in [2.75, 3.05) is 0 Å². The van der Waals surface area contributed by atoms with Gasteiger partial charge in [-0.1, -0.05) is 18.2 Å². The van der Waals surface area contributed by atoms with E-state index in [-0.39, 0.29) is 17.9 Å². The summed E-state index contributed by atoms with van der Waals surface area (Å²) < 4.78 is 0. The molecule has 0 aliphatic heterocycles. The Morgan fingerprint density at radius 1 is 1.15 bits per heavy atom. The Morgan fingerprint density at radius 3 is 2.20 bits per heavy atom. The number of aliphatic hydroxyl groups is 1. The van der Waals surface area contributed by atoms with E-state index >= 15 is 0 Å². The quantitative estimate of drug-likeness (QED) is 0.764. The molecule has 0 unspecified atom stereocenters. The monoisotopic (exact) mass is 279 g/mol. The molecule has 1 aromatic rings. The van der Waals surface area contributed by atoms with E-state index in [0.29, 0.717) is 5.56 Å². The molecule has 1 rings (SSSR count). The van der Waals surface area contributed by atoms with E-state index in [1.54, 1.807) is 45.9 Å². The van der Waals surface area contributed by atoms with Crippen molar-refractivity contribution in [3.8, 4) is 0 Å². The Morgan fingerprint density at radius 2 is 1.70 bits per heavy atom. The molecule has 20 heavy (non-hydrogen) atoms. The van der Waals surface area contributed by atoms with Gasteiger partial charge in [-0.2, -0.15) is 0 Å². The number of nitrogens with one attached hydrogen (secondary N) is 1. The van der Waals surface area contributed by atoms with Crippen LogP contribution in [0, 0.1) is 0 Å². The first-order chi connectivity index (χ1) is 9.04. The largest absolute Gasteiger partial charge is 0.478 e. The molecule has 3 N–H and O–H groups in total. The van der Waals surface area contributed by atoms with Crippen molar-refractivity contribution in [1.29, 1.82) is 0 Å². The number of benzene rings is 1. The summed E-state index contributed by atoms with van der Waals surface area (Å²) in [6, 6.07) is 6.38. The molecule has 0 bridgehead atoms. The van der Waals surface area contributed by atoms with Crippen LogP contribution >= 0.6 is 0 Å². The van der Waals surface area contributed by atoms with Crippen molar-refractivity contribution in [2.45, 2.75) is 45.3 Å². The highest BCUT2D eigenvalue weighted by molar-refractivity contribution is 5.91. The van der Waals surface area contributed by atoms with Crippen molar-refractivity contribution in [1.82, 2.24) is 5.32 Å². The van der Waals surface area contributed by atoms with Gasteiger partial charge in [-0.25, -0.2) is 4.79 Å². The summed E-state index contributed by atoms with van der Waals surface area (Å²) in [6.07, 6.45) is -0.0397. The van der Waals surface area contributed by atoms with Crippen LogP contribution in [-0.2, 0) is 11.2 Å². The van der Waals surface area contributed by atoms with Crippen LogP contribution in [0.5, 0.6) is 0 Å². The number of hydrogen-bond donors (Lipinski definition) is 3. The minimum Gasteiger partial charge on any atom is -0.478 e. The van der Waals surface area contributed by atoms with E-state index < -0.39 is 17.1 Å².